The van der Waals surface area contributed by atoms with Crippen LogP contribution in [0.2, 0.25) is 0 Å². The number of allylic oxidation sites excluding steroid dienone is 1. The van der Waals surface area contributed by atoms with E-state index in [4.69, 9.17) is 15.2 Å². The molecule has 3 N–H and O–H groups in total. The summed E-state index contributed by atoms with van der Waals surface area (Å²) >= 11 is 0. The fourth-order valence-corrected chi connectivity index (χ4v) is 4.58. The van der Waals surface area contributed by atoms with E-state index in [1.807, 2.05) is 31.2 Å². The summed E-state index contributed by atoms with van der Waals surface area (Å²) in [7, 11) is -3.33. The Hall–Kier alpha value is -2.71. The second-order valence-corrected chi connectivity index (χ2v) is 10.3. The number of nitrogens with zero attached hydrogens (tertiary/aromatic N) is 1. The summed E-state index contributed by atoms with van der Waals surface area (Å²) in [6.07, 6.45) is 5.30. The molecule has 32 heavy (non-hydrogen) atoms. The second kappa shape index (κ2) is 9.42. The van der Waals surface area contributed by atoms with Gasteiger partial charge in [0.25, 0.3) is 0 Å². The lowest BCUT2D eigenvalue weighted by Gasteiger charge is -2.30. The van der Waals surface area contributed by atoms with Crippen LogP contribution in [0.4, 0.5) is 11.4 Å². The lowest BCUT2D eigenvalue weighted by Crippen LogP contribution is -2.27. The highest BCUT2D eigenvalue weighted by Crippen LogP contribution is 2.40. The molecule has 8 heteroatoms. The molecule has 2 fully saturated rings. The minimum atomic E-state index is -3.33. The molecule has 0 aromatic heterocycles. The van der Waals surface area contributed by atoms with Gasteiger partial charge in [0, 0.05) is 47.6 Å². The summed E-state index contributed by atoms with van der Waals surface area (Å²) in [5, 5.41) is 0. The minimum Gasteiger partial charge on any atom is -0.490 e. The summed E-state index contributed by atoms with van der Waals surface area (Å²) in [5.41, 5.74) is 10.5. The topological polar surface area (TPSA) is 93.9 Å². The number of anilines is 2. The largest absolute Gasteiger partial charge is 0.490 e. The molecule has 1 saturated heterocycles. The Bertz CT molecular complexity index is 1070. The molecule has 1 saturated carbocycles. The fraction of sp³-hybridized carbons (Fsp3) is 0.417. The first-order valence-electron chi connectivity index (χ1n) is 11.0. The van der Waals surface area contributed by atoms with Gasteiger partial charge >= 0.3 is 0 Å². The van der Waals surface area contributed by atoms with Crippen molar-refractivity contribution in [1.82, 2.24) is 0 Å². The number of hydrogen-bond acceptors (Lipinski definition) is 6. The number of nitrogens with two attached hydrogens (primary N) is 1. The van der Waals surface area contributed by atoms with Gasteiger partial charge < -0.3 is 20.1 Å². The zero-order chi connectivity index (χ0) is 22.7. The summed E-state index contributed by atoms with van der Waals surface area (Å²) in [6.45, 7) is 3.37. The molecule has 1 aliphatic heterocycles. The van der Waals surface area contributed by atoms with Crippen molar-refractivity contribution in [2.75, 3.05) is 29.1 Å². The first kappa shape index (κ1) is 22.5. The van der Waals surface area contributed by atoms with E-state index in [1.54, 1.807) is 12.1 Å². The lowest BCUT2D eigenvalue weighted by atomic mass is 10.1. The van der Waals surface area contributed by atoms with Gasteiger partial charge in [0.15, 0.2) is 0 Å². The number of benzene rings is 2. The molecule has 1 aliphatic carbocycles. The third-order valence-electron chi connectivity index (χ3n) is 5.55. The highest BCUT2D eigenvalue weighted by atomic mass is 32.2. The standard InChI is InChI=1S/C24H31N3O4S/c1-17(25)24(18-6-8-19(9-7-18)26-32(2,28)29)27(20-10-11-20)21-4-3-5-23(16-21)31-22-12-14-30-15-13-22/h3-9,16,20,22,26H,10-15,25H2,1-2H3/b24-17+. The second-order valence-electron chi connectivity index (χ2n) is 8.51. The molecule has 2 aliphatic rings. The van der Waals surface area contributed by atoms with Gasteiger partial charge in [-0.3, -0.25) is 4.72 Å². The van der Waals surface area contributed by atoms with Crippen LogP contribution in [0.5, 0.6) is 5.75 Å². The van der Waals surface area contributed by atoms with Crippen LogP contribution < -0.4 is 20.1 Å². The molecule has 4 rings (SSSR count). The van der Waals surface area contributed by atoms with Crippen LogP contribution in [0, 0.1) is 0 Å². The van der Waals surface area contributed by atoms with E-state index in [0.717, 1.165) is 67.9 Å². The third-order valence-corrected chi connectivity index (χ3v) is 6.16. The molecule has 0 spiro atoms. The number of sulfonamides is 1. The van der Waals surface area contributed by atoms with E-state index >= 15 is 0 Å². The molecule has 0 unspecified atom stereocenters. The van der Waals surface area contributed by atoms with Gasteiger partial charge in [-0.25, -0.2) is 8.42 Å². The molecule has 0 radical (unpaired) electrons. The summed E-state index contributed by atoms with van der Waals surface area (Å²) in [6, 6.07) is 15.9. The maximum absolute atomic E-state index is 11.5. The summed E-state index contributed by atoms with van der Waals surface area (Å²) in [5.74, 6) is 0.849. The van der Waals surface area contributed by atoms with Gasteiger partial charge in [-0.1, -0.05) is 18.2 Å². The van der Waals surface area contributed by atoms with Gasteiger partial charge in [-0.2, -0.15) is 0 Å². The Balaban J connectivity index is 1.62. The van der Waals surface area contributed by atoms with Crippen molar-refractivity contribution in [1.29, 1.82) is 0 Å². The van der Waals surface area contributed by atoms with Crippen LogP contribution in [0.25, 0.3) is 5.70 Å². The van der Waals surface area contributed by atoms with Crippen molar-refractivity contribution in [2.24, 2.45) is 5.73 Å². The van der Waals surface area contributed by atoms with Crippen LogP contribution in [-0.4, -0.2) is 40.0 Å². The Morgan fingerprint density at radius 1 is 1.09 bits per heavy atom. The van der Waals surface area contributed by atoms with Crippen molar-refractivity contribution < 1.29 is 17.9 Å². The summed E-state index contributed by atoms with van der Waals surface area (Å²) in [4.78, 5) is 2.28. The Morgan fingerprint density at radius 2 is 1.78 bits per heavy atom. The van der Waals surface area contributed by atoms with Gasteiger partial charge in [0.05, 0.1) is 25.2 Å². The number of hydrogen-bond donors (Lipinski definition) is 2. The fourth-order valence-electron chi connectivity index (χ4n) is 4.02. The van der Waals surface area contributed by atoms with E-state index in [-0.39, 0.29) is 6.10 Å². The normalized spacial score (nSPS) is 18.1. The van der Waals surface area contributed by atoms with E-state index in [0.29, 0.717) is 17.4 Å². The zero-order valence-corrected chi connectivity index (χ0v) is 19.4. The number of nitrogens with one attached hydrogen (secondary N) is 1. The average molecular weight is 458 g/mol. The van der Waals surface area contributed by atoms with Crippen LogP contribution >= 0.6 is 0 Å². The van der Waals surface area contributed by atoms with Crippen LogP contribution in [-0.2, 0) is 14.8 Å². The molecule has 2 aromatic carbocycles. The molecule has 2 aromatic rings. The third kappa shape index (κ3) is 5.75. The van der Waals surface area contributed by atoms with Crippen LogP contribution in [0.15, 0.2) is 54.2 Å². The molecule has 172 valence electrons. The van der Waals surface area contributed by atoms with Crippen LogP contribution in [0.3, 0.4) is 0 Å². The quantitative estimate of drug-likeness (QED) is 0.624. The van der Waals surface area contributed by atoms with Crippen molar-refractivity contribution >= 4 is 27.1 Å². The van der Waals surface area contributed by atoms with Gasteiger partial charge in [-0.15, -0.1) is 0 Å². The van der Waals surface area contributed by atoms with Crippen molar-refractivity contribution in [2.45, 2.75) is 44.8 Å². The highest BCUT2D eigenvalue weighted by molar-refractivity contribution is 7.92. The van der Waals surface area contributed by atoms with Crippen molar-refractivity contribution in [3.8, 4) is 5.75 Å². The predicted molar refractivity (Wildman–Crippen MR) is 128 cm³/mol. The lowest BCUT2D eigenvalue weighted by molar-refractivity contribution is 0.0256. The molecule has 1 heterocycles. The van der Waals surface area contributed by atoms with Gasteiger partial charge in [-0.05, 0) is 44.0 Å². The maximum atomic E-state index is 11.5. The van der Waals surface area contributed by atoms with Crippen molar-refractivity contribution in [3.63, 3.8) is 0 Å². The number of ether oxygens (including phenoxy) is 2. The van der Waals surface area contributed by atoms with Crippen molar-refractivity contribution in [3.05, 3.63) is 59.8 Å². The first-order chi connectivity index (χ1) is 15.3. The van der Waals surface area contributed by atoms with E-state index in [1.165, 1.54) is 0 Å². The smallest absolute Gasteiger partial charge is 0.229 e. The van der Waals surface area contributed by atoms with E-state index in [9.17, 15) is 8.42 Å². The Kier molecular flexibility index (Phi) is 6.62. The Labute approximate surface area is 190 Å². The first-order valence-corrected chi connectivity index (χ1v) is 12.9. The molecule has 0 amide bonds. The predicted octanol–water partition coefficient (Wildman–Crippen LogP) is 3.93. The monoisotopic (exact) mass is 457 g/mol. The summed E-state index contributed by atoms with van der Waals surface area (Å²) < 4.78 is 37.2. The maximum Gasteiger partial charge on any atom is 0.229 e. The Morgan fingerprint density at radius 3 is 2.38 bits per heavy atom. The molecule has 7 nitrogen and oxygen atoms in total. The van der Waals surface area contributed by atoms with E-state index in [2.05, 4.69) is 21.8 Å². The van der Waals surface area contributed by atoms with Gasteiger partial charge in [0.2, 0.25) is 10.0 Å². The minimum absolute atomic E-state index is 0.175. The SMILES string of the molecule is C/C(N)=C(/c1ccc(NS(C)(=O)=O)cc1)N(c1cccc(OC2CCOCC2)c1)C1CC1. The van der Waals surface area contributed by atoms with Gasteiger partial charge in [0.1, 0.15) is 11.9 Å². The zero-order valence-electron chi connectivity index (χ0n) is 18.6. The number of rotatable bonds is 8. The highest BCUT2D eigenvalue weighted by Gasteiger charge is 2.33. The molecule has 0 atom stereocenters. The molecular weight excluding hydrogens is 426 g/mol. The molecule has 0 bridgehead atoms. The average Bonchev–Trinajstić information content (AvgIpc) is 3.57. The van der Waals surface area contributed by atoms with Crippen LogP contribution in [0.1, 0.15) is 38.2 Å². The van der Waals surface area contributed by atoms with E-state index < -0.39 is 10.0 Å². The molecular formula is C24H31N3O4S.